The predicted octanol–water partition coefficient (Wildman–Crippen LogP) is 7.64. The Labute approximate surface area is 167 Å². The first-order valence-electron chi connectivity index (χ1n) is 10.6. The molecule has 2 heteroatoms. The monoisotopic (exact) mass is 372 g/mol. The van der Waals surface area contributed by atoms with Crippen LogP contribution in [-0.2, 0) is 9.53 Å². The van der Waals surface area contributed by atoms with Gasteiger partial charge in [0.25, 0.3) is 0 Å². The molecule has 0 aliphatic heterocycles. The van der Waals surface area contributed by atoms with Gasteiger partial charge in [-0.05, 0) is 57.8 Å². The average molecular weight is 373 g/mol. The number of rotatable bonds is 17. The minimum atomic E-state index is -0.111. The van der Waals surface area contributed by atoms with Crippen molar-refractivity contribution >= 4 is 5.97 Å². The van der Waals surface area contributed by atoms with Crippen molar-refractivity contribution in [2.24, 2.45) is 0 Å². The van der Waals surface area contributed by atoms with E-state index >= 15 is 0 Å². The smallest absolute Gasteiger partial charge is 0.305 e. The number of esters is 1. The maximum Gasteiger partial charge on any atom is 0.305 e. The second kappa shape index (κ2) is 22.2. The molecule has 0 aliphatic carbocycles. The first kappa shape index (κ1) is 25.2. The van der Waals surface area contributed by atoms with Crippen molar-refractivity contribution in [3.63, 3.8) is 0 Å². The van der Waals surface area contributed by atoms with Gasteiger partial charge in [-0.15, -0.1) is 0 Å². The Bertz CT molecular complexity index is 467. The maximum absolute atomic E-state index is 11.0. The highest BCUT2D eigenvalue weighted by atomic mass is 16.5. The van der Waals surface area contributed by atoms with Crippen LogP contribution in [0.5, 0.6) is 0 Å². The van der Waals surface area contributed by atoms with Gasteiger partial charge < -0.3 is 4.74 Å². The zero-order chi connectivity index (χ0) is 19.8. The van der Waals surface area contributed by atoms with E-state index in [0.717, 1.165) is 44.9 Å². The normalized spacial score (nSPS) is 12.5. The van der Waals surface area contributed by atoms with Crippen molar-refractivity contribution < 1.29 is 9.53 Å². The van der Waals surface area contributed by atoms with Crippen LogP contribution in [0.3, 0.4) is 0 Å². The van der Waals surface area contributed by atoms with Crippen molar-refractivity contribution in [2.75, 3.05) is 7.11 Å². The fraction of sp³-hybridized carbons (Fsp3) is 0.560. The summed E-state index contributed by atoms with van der Waals surface area (Å²) in [5.41, 5.74) is 0. The molecule has 0 aliphatic rings. The molecule has 0 aromatic carbocycles. The Kier molecular flexibility index (Phi) is 20.7. The van der Waals surface area contributed by atoms with Gasteiger partial charge in [0.05, 0.1) is 7.11 Å². The van der Waals surface area contributed by atoms with Gasteiger partial charge in [0.15, 0.2) is 0 Å². The SMILES string of the molecule is CCCCC/C=C\C/C=C\C/C=C\C/C=C\C/C=C\CCCCC(=O)OC. The molecular formula is C25H40O2. The van der Waals surface area contributed by atoms with Gasteiger partial charge in [-0.3, -0.25) is 4.79 Å². The Morgan fingerprint density at radius 2 is 1.04 bits per heavy atom. The van der Waals surface area contributed by atoms with Crippen LogP contribution in [-0.4, -0.2) is 13.1 Å². The topological polar surface area (TPSA) is 26.3 Å². The molecule has 0 fully saturated rings. The fourth-order valence-electron chi connectivity index (χ4n) is 2.47. The summed E-state index contributed by atoms with van der Waals surface area (Å²) in [5.74, 6) is -0.111. The molecule has 0 saturated heterocycles. The molecule has 0 unspecified atom stereocenters. The summed E-state index contributed by atoms with van der Waals surface area (Å²) in [6.07, 6.45) is 35.0. The molecule has 0 spiro atoms. The van der Waals surface area contributed by atoms with Crippen molar-refractivity contribution in [3.8, 4) is 0 Å². The number of allylic oxidation sites excluding steroid dienone is 10. The van der Waals surface area contributed by atoms with E-state index in [2.05, 4.69) is 72.4 Å². The molecule has 0 rings (SSSR count). The third-order valence-corrected chi connectivity index (χ3v) is 4.13. The summed E-state index contributed by atoms with van der Waals surface area (Å²) in [4.78, 5) is 11.0. The molecule has 27 heavy (non-hydrogen) atoms. The Balaban J connectivity index is 3.45. The Morgan fingerprint density at radius 3 is 1.44 bits per heavy atom. The van der Waals surface area contributed by atoms with E-state index < -0.39 is 0 Å². The summed E-state index contributed by atoms with van der Waals surface area (Å²) < 4.78 is 4.62. The second-order valence-corrected chi connectivity index (χ2v) is 6.62. The predicted molar refractivity (Wildman–Crippen MR) is 119 cm³/mol. The van der Waals surface area contributed by atoms with Crippen molar-refractivity contribution in [1.82, 2.24) is 0 Å². The summed E-state index contributed by atoms with van der Waals surface area (Å²) in [5, 5.41) is 0. The standard InChI is InChI=1S/C25H40O2/c1-3-4-5-6-7-8-9-10-11-12-13-14-15-16-17-18-19-20-21-22-23-24-25(26)27-2/h7-8,10-11,13-14,16-17,19-20H,3-6,9,12,15,18,21-24H2,1-2H3/b8-7-,11-10-,14-13-,17-16-,20-19-. The van der Waals surface area contributed by atoms with E-state index in [1.54, 1.807) is 0 Å². The lowest BCUT2D eigenvalue weighted by Crippen LogP contribution is -1.98. The fourth-order valence-corrected chi connectivity index (χ4v) is 2.47. The molecule has 0 heterocycles. The van der Waals surface area contributed by atoms with Crippen molar-refractivity contribution in [1.29, 1.82) is 0 Å². The lowest BCUT2D eigenvalue weighted by molar-refractivity contribution is -0.140. The molecule has 0 bridgehead atoms. The van der Waals surface area contributed by atoms with Gasteiger partial charge in [-0.2, -0.15) is 0 Å². The van der Waals surface area contributed by atoms with E-state index in [4.69, 9.17) is 0 Å². The van der Waals surface area contributed by atoms with E-state index in [1.165, 1.54) is 32.8 Å². The van der Waals surface area contributed by atoms with Gasteiger partial charge in [0.1, 0.15) is 0 Å². The van der Waals surface area contributed by atoms with E-state index in [1.807, 2.05) is 0 Å². The van der Waals surface area contributed by atoms with Gasteiger partial charge in [-0.1, -0.05) is 80.5 Å². The van der Waals surface area contributed by atoms with Crippen LogP contribution in [0.2, 0.25) is 0 Å². The molecule has 152 valence electrons. The number of hydrogen-bond donors (Lipinski definition) is 0. The van der Waals surface area contributed by atoms with Crippen LogP contribution < -0.4 is 0 Å². The molecule has 0 aromatic rings. The summed E-state index contributed by atoms with van der Waals surface area (Å²) in [7, 11) is 1.44. The number of carbonyl (C=O) groups excluding carboxylic acids is 1. The van der Waals surface area contributed by atoms with Crippen LogP contribution in [0.1, 0.15) is 84.0 Å². The van der Waals surface area contributed by atoms with Crippen molar-refractivity contribution in [3.05, 3.63) is 60.8 Å². The lowest BCUT2D eigenvalue weighted by atomic mass is 10.2. The number of ether oxygens (including phenoxy) is 1. The molecule has 0 amide bonds. The van der Waals surface area contributed by atoms with Gasteiger partial charge in [-0.25, -0.2) is 0 Å². The Morgan fingerprint density at radius 1 is 0.630 bits per heavy atom. The van der Waals surface area contributed by atoms with Gasteiger partial charge in [0.2, 0.25) is 0 Å². The Hall–Kier alpha value is -1.83. The number of carbonyl (C=O) groups is 1. The average Bonchev–Trinajstić information content (AvgIpc) is 2.68. The first-order valence-corrected chi connectivity index (χ1v) is 10.6. The largest absolute Gasteiger partial charge is 0.469 e. The van der Waals surface area contributed by atoms with E-state index in [9.17, 15) is 4.79 Å². The van der Waals surface area contributed by atoms with E-state index in [-0.39, 0.29) is 5.97 Å². The van der Waals surface area contributed by atoms with Crippen LogP contribution in [0, 0.1) is 0 Å². The lowest BCUT2D eigenvalue weighted by Gasteiger charge is -1.96. The number of hydrogen-bond acceptors (Lipinski definition) is 2. The zero-order valence-electron chi connectivity index (χ0n) is 17.6. The highest BCUT2D eigenvalue weighted by molar-refractivity contribution is 5.68. The number of unbranched alkanes of at least 4 members (excludes halogenated alkanes) is 5. The molecular weight excluding hydrogens is 332 g/mol. The molecule has 0 radical (unpaired) electrons. The third-order valence-electron chi connectivity index (χ3n) is 4.13. The highest BCUT2D eigenvalue weighted by Gasteiger charge is 1.97. The molecule has 0 N–H and O–H groups in total. The van der Waals surface area contributed by atoms with Crippen LogP contribution in [0.4, 0.5) is 0 Å². The van der Waals surface area contributed by atoms with Gasteiger partial charge >= 0.3 is 5.97 Å². The van der Waals surface area contributed by atoms with Crippen LogP contribution in [0.25, 0.3) is 0 Å². The van der Waals surface area contributed by atoms with Gasteiger partial charge in [0, 0.05) is 6.42 Å². The molecule has 2 nitrogen and oxygen atoms in total. The third kappa shape index (κ3) is 22.1. The van der Waals surface area contributed by atoms with E-state index in [0.29, 0.717) is 6.42 Å². The summed E-state index contributed by atoms with van der Waals surface area (Å²) in [6.45, 7) is 2.24. The molecule has 0 aromatic heterocycles. The second-order valence-electron chi connectivity index (χ2n) is 6.62. The molecule has 0 atom stereocenters. The van der Waals surface area contributed by atoms with Crippen LogP contribution in [0.15, 0.2) is 60.8 Å². The number of methoxy groups -OCH3 is 1. The minimum absolute atomic E-state index is 0.111. The summed E-state index contributed by atoms with van der Waals surface area (Å²) in [6, 6.07) is 0. The van der Waals surface area contributed by atoms with Crippen LogP contribution >= 0.6 is 0 Å². The minimum Gasteiger partial charge on any atom is -0.469 e. The summed E-state index contributed by atoms with van der Waals surface area (Å²) >= 11 is 0. The first-order chi connectivity index (χ1) is 13.3. The van der Waals surface area contributed by atoms with Crippen molar-refractivity contribution in [2.45, 2.75) is 84.0 Å². The quantitative estimate of drug-likeness (QED) is 0.149. The molecule has 0 saturated carbocycles. The highest BCUT2D eigenvalue weighted by Crippen LogP contribution is 2.03. The zero-order valence-corrected chi connectivity index (χ0v) is 17.6. The maximum atomic E-state index is 11.0.